The largest absolute Gasteiger partial charge is 0.496 e. The third kappa shape index (κ3) is 4.83. The SMILES string of the molecule is COc1ccc(C)cc1CN1CCN(Cc2nnc(-c3cccc(C)c3)o2)CC1. The standard InChI is InChI=1S/C23H28N4O2/c1-17-5-4-6-19(13-17)23-25-24-22(29-23)16-27-11-9-26(10-12-27)15-20-14-18(2)7-8-21(20)28-3/h4-8,13-14H,9-12,15-16H2,1-3H3. The van der Waals surface area contributed by atoms with Crippen molar-refractivity contribution in [3.63, 3.8) is 0 Å². The van der Waals surface area contributed by atoms with Crippen LogP contribution in [-0.2, 0) is 13.1 Å². The van der Waals surface area contributed by atoms with Crippen molar-refractivity contribution in [1.29, 1.82) is 0 Å². The second-order valence-electron chi connectivity index (χ2n) is 7.74. The second-order valence-corrected chi connectivity index (χ2v) is 7.74. The van der Waals surface area contributed by atoms with E-state index >= 15 is 0 Å². The van der Waals surface area contributed by atoms with E-state index in [1.165, 1.54) is 16.7 Å². The van der Waals surface area contributed by atoms with Crippen LogP contribution in [0.15, 0.2) is 46.9 Å². The van der Waals surface area contributed by atoms with Crippen molar-refractivity contribution in [1.82, 2.24) is 20.0 Å². The van der Waals surface area contributed by atoms with Crippen molar-refractivity contribution >= 4 is 0 Å². The van der Waals surface area contributed by atoms with Crippen molar-refractivity contribution in [3.8, 4) is 17.2 Å². The van der Waals surface area contributed by atoms with E-state index in [9.17, 15) is 0 Å². The number of hydrogen-bond acceptors (Lipinski definition) is 6. The normalized spacial score (nSPS) is 15.6. The third-order valence-corrected chi connectivity index (χ3v) is 5.39. The van der Waals surface area contributed by atoms with E-state index in [-0.39, 0.29) is 0 Å². The number of aryl methyl sites for hydroxylation is 2. The molecule has 2 heterocycles. The third-order valence-electron chi connectivity index (χ3n) is 5.39. The Labute approximate surface area is 172 Å². The van der Waals surface area contributed by atoms with Crippen molar-refractivity contribution in [2.24, 2.45) is 0 Å². The zero-order valence-electron chi connectivity index (χ0n) is 17.4. The predicted octanol–water partition coefficient (Wildman–Crippen LogP) is 3.68. The van der Waals surface area contributed by atoms with Crippen molar-refractivity contribution < 1.29 is 9.15 Å². The molecule has 0 radical (unpaired) electrons. The summed E-state index contributed by atoms with van der Waals surface area (Å²) in [5.74, 6) is 2.23. The Bertz CT molecular complexity index is 961. The first kappa shape index (κ1) is 19.6. The predicted molar refractivity (Wildman–Crippen MR) is 113 cm³/mol. The molecule has 2 aromatic carbocycles. The molecule has 0 atom stereocenters. The summed E-state index contributed by atoms with van der Waals surface area (Å²) in [5.41, 5.74) is 4.67. The highest BCUT2D eigenvalue weighted by molar-refractivity contribution is 5.53. The van der Waals surface area contributed by atoms with Crippen LogP contribution < -0.4 is 4.74 Å². The summed E-state index contributed by atoms with van der Waals surface area (Å²) in [4.78, 5) is 4.84. The van der Waals surface area contributed by atoms with Gasteiger partial charge in [-0.05, 0) is 32.0 Å². The highest BCUT2D eigenvalue weighted by Crippen LogP contribution is 2.23. The molecule has 0 spiro atoms. The minimum atomic E-state index is 0.592. The Hall–Kier alpha value is -2.70. The van der Waals surface area contributed by atoms with Gasteiger partial charge in [-0.1, -0.05) is 35.4 Å². The summed E-state index contributed by atoms with van der Waals surface area (Å²) in [5, 5.41) is 8.47. The van der Waals surface area contributed by atoms with Gasteiger partial charge in [-0.15, -0.1) is 10.2 Å². The summed E-state index contributed by atoms with van der Waals surface area (Å²) < 4.78 is 11.4. The van der Waals surface area contributed by atoms with Crippen molar-refractivity contribution in [2.45, 2.75) is 26.9 Å². The van der Waals surface area contributed by atoms with Crippen molar-refractivity contribution in [2.75, 3.05) is 33.3 Å². The number of aromatic nitrogens is 2. The fraction of sp³-hybridized carbons (Fsp3) is 0.391. The lowest BCUT2D eigenvalue weighted by Gasteiger charge is -2.34. The maximum absolute atomic E-state index is 5.90. The lowest BCUT2D eigenvalue weighted by molar-refractivity contribution is 0.114. The number of hydrogen-bond donors (Lipinski definition) is 0. The van der Waals surface area contributed by atoms with Gasteiger partial charge in [0.05, 0.1) is 13.7 Å². The Morgan fingerprint density at radius 3 is 2.34 bits per heavy atom. The average molecular weight is 393 g/mol. The fourth-order valence-corrected chi connectivity index (χ4v) is 3.78. The van der Waals surface area contributed by atoms with Gasteiger partial charge in [0.25, 0.3) is 0 Å². The van der Waals surface area contributed by atoms with Crippen LogP contribution in [0.2, 0.25) is 0 Å². The number of methoxy groups -OCH3 is 1. The van der Waals surface area contributed by atoms with Gasteiger partial charge in [0, 0.05) is 43.9 Å². The van der Waals surface area contributed by atoms with E-state index in [1.54, 1.807) is 7.11 Å². The minimum absolute atomic E-state index is 0.592. The van der Waals surface area contributed by atoms with E-state index in [0.29, 0.717) is 18.3 Å². The number of benzene rings is 2. The molecular weight excluding hydrogens is 364 g/mol. The molecule has 0 bridgehead atoms. The monoisotopic (exact) mass is 392 g/mol. The Balaban J connectivity index is 1.32. The van der Waals surface area contributed by atoms with Gasteiger partial charge >= 0.3 is 0 Å². The minimum Gasteiger partial charge on any atom is -0.496 e. The molecule has 6 nitrogen and oxygen atoms in total. The van der Waals surface area contributed by atoms with E-state index < -0.39 is 0 Å². The number of nitrogens with zero attached hydrogens (tertiary/aromatic N) is 4. The van der Waals surface area contributed by atoms with Gasteiger partial charge in [0.2, 0.25) is 11.8 Å². The Morgan fingerprint density at radius 1 is 0.897 bits per heavy atom. The molecular formula is C23H28N4O2. The summed E-state index contributed by atoms with van der Waals surface area (Å²) in [7, 11) is 1.74. The molecule has 6 heteroatoms. The molecule has 1 saturated heterocycles. The first-order valence-electron chi connectivity index (χ1n) is 10.1. The molecule has 1 aromatic heterocycles. The van der Waals surface area contributed by atoms with Crippen LogP contribution in [0.25, 0.3) is 11.5 Å². The molecule has 152 valence electrons. The molecule has 3 aromatic rings. The molecule has 4 rings (SSSR count). The summed E-state index contributed by atoms with van der Waals surface area (Å²) in [6.07, 6.45) is 0. The molecule has 1 fully saturated rings. The van der Waals surface area contributed by atoms with Gasteiger partial charge in [0.15, 0.2) is 0 Å². The average Bonchev–Trinajstić information content (AvgIpc) is 3.18. The van der Waals surface area contributed by atoms with E-state index in [0.717, 1.165) is 44.0 Å². The zero-order valence-corrected chi connectivity index (χ0v) is 17.4. The highest BCUT2D eigenvalue weighted by atomic mass is 16.5. The van der Waals surface area contributed by atoms with Gasteiger partial charge in [0.1, 0.15) is 5.75 Å². The van der Waals surface area contributed by atoms with Gasteiger partial charge < -0.3 is 9.15 Å². The highest BCUT2D eigenvalue weighted by Gasteiger charge is 2.20. The van der Waals surface area contributed by atoms with Gasteiger partial charge in [-0.2, -0.15) is 0 Å². The first-order valence-corrected chi connectivity index (χ1v) is 10.1. The maximum atomic E-state index is 5.90. The second kappa shape index (κ2) is 8.76. The van der Waals surface area contributed by atoms with Crippen LogP contribution in [-0.4, -0.2) is 53.3 Å². The molecule has 0 unspecified atom stereocenters. The molecule has 0 aliphatic carbocycles. The summed E-state index contributed by atoms with van der Waals surface area (Å²) in [6.45, 7) is 9.78. The molecule has 0 amide bonds. The molecule has 29 heavy (non-hydrogen) atoms. The smallest absolute Gasteiger partial charge is 0.247 e. The fourth-order valence-electron chi connectivity index (χ4n) is 3.78. The van der Waals surface area contributed by atoms with Crippen LogP contribution >= 0.6 is 0 Å². The first-order chi connectivity index (χ1) is 14.1. The Morgan fingerprint density at radius 2 is 1.62 bits per heavy atom. The molecule has 1 aliphatic heterocycles. The summed E-state index contributed by atoms with van der Waals surface area (Å²) >= 11 is 0. The summed E-state index contributed by atoms with van der Waals surface area (Å²) in [6, 6.07) is 14.5. The van der Waals surface area contributed by atoms with Crippen LogP contribution in [0.5, 0.6) is 5.75 Å². The number of ether oxygens (including phenoxy) is 1. The van der Waals surface area contributed by atoms with Crippen molar-refractivity contribution in [3.05, 3.63) is 65.0 Å². The molecule has 0 N–H and O–H groups in total. The topological polar surface area (TPSA) is 54.6 Å². The molecule has 0 saturated carbocycles. The van der Waals surface area contributed by atoms with Crippen LogP contribution in [0.3, 0.4) is 0 Å². The van der Waals surface area contributed by atoms with Gasteiger partial charge in [-0.3, -0.25) is 9.80 Å². The lowest BCUT2D eigenvalue weighted by atomic mass is 10.1. The quantitative estimate of drug-likeness (QED) is 0.638. The van der Waals surface area contributed by atoms with E-state index in [4.69, 9.17) is 9.15 Å². The number of piperazine rings is 1. The zero-order chi connectivity index (χ0) is 20.2. The van der Waals surface area contributed by atoms with E-state index in [2.05, 4.69) is 64.2 Å². The van der Waals surface area contributed by atoms with Crippen LogP contribution in [0.1, 0.15) is 22.6 Å². The maximum Gasteiger partial charge on any atom is 0.247 e. The molecule has 1 aliphatic rings. The lowest BCUT2D eigenvalue weighted by Crippen LogP contribution is -2.45. The van der Waals surface area contributed by atoms with Gasteiger partial charge in [-0.25, -0.2) is 0 Å². The van der Waals surface area contributed by atoms with E-state index in [1.807, 2.05) is 12.1 Å². The Kier molecular flexibility index (Phi) is 5.92. The van der Waals surface area contributed by atoms with Crippen LogP contribution in [0.4, 0.5) is 0 Å². The van der Waals surface area contributed by atoms with Crippen LogP contribution in [0, 0.1) is 13.8 Å². The number of rotatable bonds is 6.